The average molecular weight is 292 g/mol. The van der Waals surface area contributed by atoms with E-state index in [0.29, 0.717) is 11.2 Å². The fraction of sp³-hybridized carbons (Fsp3) is 0.533. The SMILES string of the molecule is COc1cc(C)c(B2OC(C)(C)C(C)(C)O2)cc1C(=O)O. The predicted octanol–water partition coefficient (Wildman–Crippen LogP) is 2.00. The van der Waals surface area contributed by atoms with Crippen molar-refractivity contribution >= 4 is 18.6 Å². The molecule has 1 fully saturated rings. The van der Waals surface area contributed by atoms with Crippen LogP contribution in [0.5, 0.6) is 5.75 Å². The summed E-state index contributed by atoms with van der Waals surface area (Å²) in [6.07, 6.45) is 0. The Morgan fingerprint density at radius 1 is 1.19 bits per heavy atom. The molecule has 1 aromatic carbocycles. The van der Waals surface area contributed by atoms with Gasteiger partial charge in [0.2, 0.25) is 0 Å². The maximum atomic E-state index is 11.4. The van der Waals surface area contributed by atoms with Gasteiger partial charge in [0.25, 0.3) is 0 Å². The minimum atomic E-state index is -1.04. The molecule has 0 unspecified atom stereocenters. The van der Waals surface area contributed by atoms with Crippen molar-refractivity contribution in [3.05, 3.63) is 23.3 Å². The van der Waals surface area contributed by atoms with Gasteiger partial charge in [-0.25, -0.2) is 4.79 Å². The van der Waals surface area contributed by atoms with Gasteiger partial charge in [0.15, 0.2) is 0 Å². The Labute approximate surface area is 125 Å². The van der Waals surface area contributed by atoms with E-state index < -0.39 is 24.3 Å². The molecule has 1 heterocycles. The highest BCUT2D eigenvalue weighted by Crippen LogP contribution is 2.37. The maximum Gasteiger partial charge on any atom is 0.495 e. The van der Waals surface area contributed by atoms with Crippen LogP contribution in [0.25, 0.3) is 0 Å². The van der Waals surface area contributed by atoms with E-state index in [4.69, 9.17) is 14.0 Å². The lowest BCUT2D eigenvalue weighted by Gasteiger charge is -2.32. The van der Waals surface area contributed by atoms with Gasteiger partial charge in [-0.15, -0.1) is 0 Å². The van der Waals surface area contributed by atoms with Gasteiger partial charge in [-0.2, -0.15) is 0 Å². The number of aryl methyl sites for hydroxylation is 1. The molecule has 1 aliphatic rings. The van der Waals surface area contributed by atoms with Gasteiger partial charge in [-0.1, -0.05) is 0 Å². The van der Waals surface area contributed by atoms with Crippen molar-refractivity contribution in [2.75, 3.05) is 7.11 Å². The summed E-state index contributed by atoms with van der Waals surface area (Å²) in [5.74, 6) is -0.704. The van der Waals surface area contributed by atoms with Crippen LogP contribution in [0.2, 0.25) is 0 Å². The molecule has 2 rings (SSSR count). The minimum Gasteiger partial charge on any atom is -0.496 e. The summed E-state index contributed by atoms with van der Waals surface area (Å²) in [4.78, 5) is 11.4. The number of methoxy groups -OCH3 is 1. The third-order valence-corrected chi connectivity index (χ3v) is 4.33. The number of rotatable bonds is 3. The lowest BCUT2D eigenvalue weighted by Crippen LogP contribution is -2.41. The molecule has 0 bridgehead atoms. The molecule has 6 heteroatoms. The predicted molar refractivity (Wildman–Crippen MR) is 80.4 cm³/mol. The van der Waals surface area contributed by atoms with Gasteiger partial charge in [0.05, 0.1) is 18.3 Å². The summed E-state index contributed by atoms with van der Waals surface area (Å²) in [5.41, 5.74) is 0.760. The third-order valence-electron chi connectivity index (χ3n) is 4.33. The number of ether oxygens (including phenoxy) is 1. The second-order valence-electron chi connectivity index (χ2n) is 6.30. The highest BCUT2D eigenvalue weighted by molar-refractivity contribution is 6.62. The molecule has 1 N–H and O–H groups in total. The van der Waals surface area contributed by atoms with E-state index in [1.807, 2.05) is 34.6 Å². The van der Waals surface area contributed by atoms with Crippen LogP contribution in [-0.4, -0.2) is 36.5 Å². The topological polar surface area (TPSA) is 65.0 Å². The third kappa shape index (κ3) is 2.65. The van der Waals surface area contributed by atoms with Crippen molar-refractivity contribution in [3.63, 3.8) is 0 Å². The van der Waals surface area contributed by atoms with Crippen molar-refractivity contribution in [1.82, 2.24) is 0 Å². The largest absolute Gasteiger partial charge is 0.496 e. The summed E-state index contributed by atoms with van der Waals surface area (Å²) in [6, 6.07) is 3.27. The number of hydrogen-bond acceptors (Lipinski definition) is 4. The Bertz CT molecular complexity index is 564. The Hall–Kier alpha value is -1.53. The smallest absolute Gasteiger partial charge is 0.495 e. The summed E-state index contributed by atoms with van der Waals surface area (Å²) in [6.45, 7) is 9.73. The second-order valence-corrected chi connectivity index (χ2v) is 6.30. The molecule has 0 aromatic heterocycles. The molecule has 1 saturated heterocycles. The molecular weight excluding hydrogens is 271 g/mol. The van der Waals surface area contributed by atoms with Crippen LogP contribution < -0.4 is 10.2 Å². The molecule has 0 saturated carbocycles. The molecule has 0 spiro atoms. The van der Waals surface area contributed by atoms with Gasteiger partial charge in [0.1, 0.15) is 11.3 Å². The molecular formula is C15H21BO5. The standard InChI is InChI=1S/C15H21BO5/c1-9-7-12(19-6)10(13(17)18)8-11(9)16-20-14(2,3)15(4,5)21-16/h7-8H,1-6H3,(H,17,18). The van der Waals surface area contributed by atoms with E-state index in [-0.39, 0.29) is 5.56 Å². The van der Waals surface area contributed by atoms with Crippen LogP contribution in [0.1, 0.15) is 43.6 Å². The van der Waals surface area contributed by atoms with Crippen molar-refractivity contribution in [2.24, 2.45) is 0 Å². The summed E-state index contributed by atoms with van der Waals surface area (Å²) in [5, 5.41) is 9.30. The Morgan fingerprint density at radius 3 is 2.14 bits per heavy atom. The van der Waals surface area contributed by atoms with Crippen LogP contribution in [0.15, 0.2) is 12.1 Å². The Balaban J connectivity index is 2.47. The van der Waals surface area contributed by atoms with E-state index in [9.17, 15) is 9.90 Å². The van der Waals surface area contributed by atoms with E-state index in [2.05, 4.69) is 0 Å². The molecule has 0 radical (unpaired) electrons. The van der Waals surface area contributed by atoms with Gasteiger partial charge in [0, 0.05) is 0 Å². The number of carboxylic acid groups (broad SMARTS) is 1. The quantitative estimate of drug-likeness (QED) is 0.863. The van der Waals surface area contributed by atoms with Gasteiger partial charge < -0.3 is 19.2 Å². The van der Waals surface area contributed by atoms with E-state index in [1.165, 1.54) is 7.11 Å². The number of carbonyl (C=O) groups is 1. The van der Waals surface area contributed by atoms with E-state index in [1.54, 1.807) is 12.1 Å². The fourth-order valence-corrected chi connectivity index (χ4v) is 2.26. The van der Waals surface area contributed by atoms with Crippen molar-refractivity contribution in [1.29, 1.82) is 0 Å². The van der Waals surface area contributed by atoms with Gasteiger partial charge in [-0.05, 0) is 57.8 Å². The first-order chi connectivity index (χ1) is 9.59. The van der Waals surface area contributed by atoms with Crippen LogP contribution >= 0.6 is 0 Å². The summed E-state index contributed by atoms with van der Waals surface area (Å²) in [7, 11) is 0.870. The first-order valence-electron chi connectivity index (χ1n) is 6.86. The summed E-state index contributed by atoms with van der Waals surface area (Å²) >= 11 is 0. The molecule has 0 aliphatic carbocycles. The number of hydrogen-bond donors (Lipinski definition) is 1. The zero-order valence-electron chi connectivity index (χ0n) is 13.3. The normalized spacial score (nSPS) is 19.6. The lowest BCUT2D eigenvalue weighted by molar-refractivity contribution is 0.00578. The number of aromatic carboxylic acids is 1. The van der Waals surface area contributed by atoms with Crippen LogP contribution in [0.3, 0.4) is 0 Å². The highest BCUT2D eigenvalue weighted by Gasteiger charge is 2.52. The van der Waals surface area contributed by atoms with Crippen LogP contribution in [0, 0.1) is 6.92 Å². The summed E-state index contributed by atoms with van der Waals surface area (Å²) < 4.78 is 17.1. The lowest BCUT2D eigenvalue weighted by atomic mass is 9.75. The maximum absolute atomic E-state index is 11.4. The van der Waals surface area contributed by atoms with Crippen molar-refractivity contribution in [3.8, 4) is 5.75 Å². The number of benzene rings is 1. The highest BCUT2D eigenvalue weighted by atomic mass is 16.7. The monoisotopic (exact) mass is 292 g/mol. The first kappa shape index (κ1) is 15.9. The second kappa shape index (κ2) is 5.03. The molecule has 114 valence electrons. The van der Waals surface area contributed by atoms with Crippen LogP contribution in [-0.2, 0) is 9.31 Å². The first-order valence-corrected chi connectivity index (χ1v) is 6.86. The van der Waals surface area contributed by atoms with Gasteiger partial charge >= 0.3 is 13.1 Å². The number of carboxylic acids is 1. The molecule has 0 amide bonds. The molecule has 5 nitrogen and oxygen atoms in total. The molecule has 0 atom stereocenters. The molecule has 1 aliphatic heterocycles. The van der Waals surface area contributed by atoms with Crippen molar-refractivity contribution < 1.29 is 23.9 Å². The van der Waals surface area contributed by atoms with Gasteiger partial charge in [-0.3, -0.25) is 0 Å². The van der Waals surface area contributed by atoms with E-state index in [0.717, 1.165) is 5.56 Å². The molecule has 1 aromatic rings. The Kier molecular flexibility index (Phi) is 3.80. The van der Waals surface area contributed by atoms with Crippen LogP contribution in [0.4, 0.5) is 0 Å². The minimum absolute atomic E-state index is 0.104. The fourth-order valence-electron chi connectivity index (χ4n) is 2.26. The Morgan fingerprint density at radius 2 is 1.71 bits per heavy atom. The zero-order chi connectivity index (χ0) is 16.0. The molecule has 21 heavy (non-hydrogen) atoms. The zero-order valence-corrected chi connectivity index (χ0v) is 13.3. The van der Waals surface area contributed by atoms with E-state index >= 15 is 0 Å². The van der Waals surface area contributed by atoms with Crippen molar-refractivity contribution in [2.45, 2.75) is 45.8 Å². The average Bonchev–Trinajstić information content (AvgIpc) is 2.57.